The van der Waals surface area contributed by atoms with Crippen LogP contribution in [-0.2, 0) is 4.79 Å². The molecule has 0 radical (unpaired) electrons. The summed E-state index contributed by atoms with van der Waals surface area (Å²) in [7, 11) is 0. The molecule has 2 heteroatoms. The lowest BCUT2D eigenvalue weighted by molar-refractivity contribution is -0.109. The standard InChI is InChI=1S/C10H10OS/c1-3-9-5-4-6-10(7-9)12-8(2)11/h3-7H,1H2,2H3. The van der Waals surface area contributed by atoms with E-state index in [9.17, 15) is 4.79 Å². The summed E-state index contributed by atoms with van der Waals surface area (Å²) in [5.41, 5.74) is 1.04. The van der Waals surface area contributed by atoms with E-state index in [0.717, 1.165) is 10.5 Å². The van der Waals surface area contributed by atoms with Crippen molar-refractivity contribution >= 4 is 23.0 Å². The van der Waals surface area contributed by atoms with Gasteiger partial charge in [0.25, 0.3) is 0 Å². The molecule has 1 rings (SSSR count). The third-order valence-corrected chi connectivity index (χ3v) is 2.13. The summed E-state index contributed by atoms with van der Waals surface area (Å²) in [6.07, 6.45) is 1.77. The van der Waals surface area contributed by atoms with Crippen LogP contribution in [-0.4, -0.2) is 5.12 Å². The van der Waals surface area contributed by atoms with E-state index in [4.69, 9.17) is 0 Å². The van der Waals surface area contributed by atoms with Crippen LogP contribution in [0, 0.1) is 0 Å². The molecular weight excluding hydrogens is 168 g/mol. The van der Waals surface area contributed by atoms with Crippen LogP contribution in [0.4, 0.5) is 0 Å². The molecule has 0 unspecified atom stereocenters. The monoisotopic (exact) mass is 178 g/mol. The van der Waals surface area contributed by atoms with Gasteiger partial charge >= 0.3 is 0 Å². The summed E-state index contributed by atoms with van der Waals surface area (Å²) in [4.78, 5) is 11.7. The number of thioether (sulfide) groups is 1. The van der Waals surface area contributed by atoms with Crippen molar-refractivity contribution in [3.8, 4) is 0 Å². The molecule has 0 N–H and O–H groups in total. The highest BCUT2D eigenvalue weighted by Gasteiger charge is 1.97. The molecule has 0 aliphatic carbocycles. The Labute approximate surface area is 76.5 Å². The van der Waals surface area contributed by atoms with Crippen molar-refractivity contribution < 1.29 is 4.79 Å². The number of rotatable bonds is 2. The minimum absolute atomic E-state index is 0.108. The van der Waals surface area contributed by atoms with Crippen molar-refractivity contribution in [1.29, 1.82) is 0 Å². The number of hydrogen-bond donors (Lipinski definition) is 0. The molecule has 0 bridgehead atoms. The second-order valence-electron chi connectivity index (χ2n) is 2.37. The van der Waals surface area contributed by atoms with Crippen molar-refractivity contribution in [1.82, 2.24) is 0 Å². The van der Waals surface area contributed by atoms with Gasteiger partial charge in [0.05, 0.1) is 0 Å². The van der Waals surface area contributed by atoms with Crippen LogP contribution in [0.25, 0.3) is 6.08 Å². The average Bonchev–Trinajstić information content (AvgIpc) is 2.03. The predicted molar refractivity (Wildman–Crippen MR) is 53.1 cm³/mol. The molecule has 0 aliphatic rings. The van der Waals surface area contributed by atoms with Gasteiger partial charge in [-0.1, -0.05) is 36.5 Å². The normalized spacial score (nSPS) is 9.42. The molecule has 0 saturated heterocycles. The first-order valence-electron chi connectivity index (χ1n) is 3.63. The largest absolute Gasteiger partial charge is 0.287 e. The predicted octanol–water partition coefficient (Wildman–Crippen LogP) is 2.97. The first-order chi connectivity index (χ1) is 5.72. The van der Waals surface area contributed by atoms with Gasteiger partial charge in [0.15, 0.2) is 5.12 Å². The smallest absolute Gasteiger partial charge is 0.190 e. The van der Waals surface area contributed by atoms with Crippen LogP contribution in [0.15, 0.2) is 35.7 Å². The highest BCUT2D eigenvalue weighted by atomic mass is 32.2. The Morgan fingerprint density at radius 3 is 2.92 bits per heavy atom. The molecule has 0 amide bonds. The van der Waals surface area contributed by atoms with Crippen LogP contribution in [0.1, 0.15) is 12.5 Å². The maximum atomic E-state index is 10.7. The quantitative estimate of drug-likeness (QED) is 0.648. The second-order valence-corrected chi connectivity index (χ2v) is 3.62. The van der Waals surface area contributed by atoms with Crippen molar-refractivity contribution in [2.75, 3.05) is 0 Å². The minimum Gasteiger partial charge on any atom is -0.287 e. The van der Waals surface area contributed by atoms with E-state index >= 15 is 0 Å². The van der Waals surface area contributed by atoms with E-state index in [-0.39, 0.29) is 5.12 Å². The Balaban J connectivity index is 2.86. The summed E-state index contributed by atoms with van der Waals surface area (Å²) in [5, 5.41) is 0.108. The summed E-state index contributed by atoms with van der Waals surface area (Å²) < 4.78 is 0. The Hall–Kier alpha value is -1.02. The topological polar surface area (TPSA) is 17.1 Å². The SMILES string of the molecule is C=Cc1cccc(SC(C)=O)c1. The second kappa shape index (κ2) is 4.12. The fraction of sp³-hybridized carbons (Fsp3) is 0.100. The number of benzene rings is 1. The Kier molecular flexibility index (Phi) is 3.11. The molecule has 1 aromatic carbocycles. The van der Waals surface area contributed by atoms with E-state index in [1.807, 2.05) is 24.3 Å². The lowest BCUT2D eigenvalue weighted by atomic mass is 10.2. The van der Waals surface area contributed by atoms with Crippen molar-refractivity contribution in [3.63, 3.8) is 0 Å². The Morgan fingerprint density at radius 1 is 1.58 bits per heavy atom. The molecule has 62 valence electrons. The third kappa shape index (κ3) is 2.55. The number of hydrogen-bond acceptors (Lipinski definition) is 2. The van der Waals surface area contributed by atoms with Gasteiger partial charge in [-0.2, -0.15) is 0 Å². The summed E-state index contributed by atoms with van der Waals surface area (Å²) in [6, 6.07) is 7.73. The molecule has 0 spiro atoms. The summed E-state index contributed by atoms with van der Waals surface area (Å²) in [5.74, 6) is 0. The average molecular weight is 178 g/mol. The summed E-state index contributed by atoms with van der Waals surface area (Å²) >= 11 is 1.24. The lowest BCUT2D eigenvalue weighted by Crippen LogP contribution is -1.81. The molecule has 1 nitrogen and oxygen atoms in total. The molecule has 12 heavy (non-hydrogen) atoms. The van der Waals surface area contributed by atoms with Crippen molar-refractivity contribution in [2.45, 2.75) is 11.8 Å². The molecular formula is C10H10OS. The zero-order chi connectivity index (χ0) is 8.97. The first kappa shape index (κ1) is 9.07. The van der Waals surface area contributed by atoms with Crippen molar-refractivity contribution in [3.05, 3.63) is 36.4 Å². The van der Waals surface area contributed by atoms with Gasteiger partial charge in [0.2, 0.25) is 0 Å². The highest BCUT2D eigenvalue weighted by molar-refractivity contribution is 8.13. The van der Waals surface area contributed by atoms with Gasteiger partial charge in [0.1, 0.15) is 0 Å². The Bertz CT molecular complexity index is 304. The minimum atomic E-state index is 0.108. The van der Waals surface area contributed by atoms with Gasteiger partial charge in [-0.3, -0.25) is 4.79 Å². The fourth-order valence-electron chi connectivity index (χ4n) is 0.871. The molecule has 0 aliphatic heterocycles. The molecule has 0 saturated carbocycles. The number of carbonyl (C=O) groups is 1. The third-order valence-electron chi connectivity index (χ3n) is 1.36. The van der Waals surface area contributed by atoms with Crippen molar-refractivity contribution in [2.24, 2.45) is 0 Å². The molecule has 0 atom stereocenters. The molecule has 1 aromatic rings. The molecule has 0 aromatic heterocycles. The zero-order valence-electron chi connectivity index (χ0n) is 6.91. The lowest BCUT2D eigenvalue weighted by Gasteiger charge is -1.97. The van der Waals surface area contributed by atoms with E-state index < -0.39 is 0 Å². The number of carbonyl (C=O) groups excluding carboxylic acids is 1. The molecule has 0 heterocycles. The van der Waals surface area contributed by atoms with Gasteiger partial charge in [-0.05, 0) is 17.7 Å². The van der Waals surface area contributed by atoms with Crippen LogP contribution in [0.2, 0.25) is 0 Å². The van der Waals surface area contributed by atoms with Crippen LogP contribution in [0.5, 0.6) is 0 Å². The van der Waals surface area contributed by atoms with E-state index in [1.165, 1.54) is 11.8 Å². The van der Waals surface area contributed by atoms with Gasteiger partial charge in [-0.25, -0.2) is 0 Å². The van der Waals surface area contributed by atoms with Crippen LogP contribution >= 0.6 is 11.8 Å². The first-order valence-corrected chi connectivity index (χ1v) is 4.45. The molecule has 0 fully saturated rings. The zero-order valence-corrected chi connectivity index (χ0v) is 7.73. The summed E-state index contributed by atoms with van der Waals surface area (Å²) in [6.45, 7) is 5.22. The van der Waals surface area contributed by atoms with E-state index in [2.05, 4.69) is 6.58 Å². The fourth-order valence-corrected chi connectivity index (χ4v) is 1.54. The highest BCUT2D eigenvalue weighted by Crippen LogP contribution is 2.19. The Morgan fingerprint density at radius 2 is 2.33 bits per heavy atom. The van der Waals surface area contributed by atoms with Gasteiger partial charge < -0.3 is 0 Å². The van der Waals surface area contributed by atoms with E-state index in [1.54, 1.807) is 13.0 Å². The maximum Gasteiger partial charge on any atom is 0.190 e. The van der Waals surface area contributed by atoms with Gasteiger partial charge in [-0.15, -0.1) is 0 Å². The van der Waals surface area contributed by atoms with Gasteiger partial charge in [0, 0.05) is 11.8 Å². The maximum absolute atomic E-state index is 10.7. The van der Waals surface area contributed by atoms with Crippen LogP contribution in [0.3, 0.4) is 0 Å². The van der Waals surface area contributed by atoms with E-state index in [0.29, 0.717) is 0 Å². The van der Waals surface area contributed by atoms with Crippen LogP contribution < -0.4 is 0 Å².